The highest BCUT2D eigenvalue weighted by Gasteiger charge is 2.21. The summed E-state index contributed by atoms with van der Waals surface area (Å²) in [5, 5.41) is 5.84. The number of urea groups is 1. The summed E-state index contributed by atoms with van der Waals surface area (Å²) in [6.07, 6.45) is 0.884. The molecular weight excluding hydrogens is 252 g/mol. The normalized spacial score (nSPS) is 12.8. The Hall–Kier alpha value is -1.55. The molecule has 0 aromatic heterocycles. The van der Waals surface area contributed by atoms with Gasteiger partial charge < -0.3 is 15.4 Å². The Kier molecular flexibility index (Phi) is 6.52. The highest BCUT2D eigenvalue weighted by Crippen LogP contribution is 2.29. The van der Waals surface area contributed by atoms with E-state index in [1.165, 1.54) is 0 Å². The number of amides is 2. The maximum absolute atomic E-state index is 11.9. The van der Waals surface area contributed by atoms with Gasteiger partial charge in [-0.2, -0.15) is 0 Å². The molecule has 0 aliphatic heterocycles. The molecule has 112 valence electrons. The molecule has 0 saturated carbocycles. The highest BCUT2D eigenvalue weighted by molar-refractivity contribution is 5.74. The summed E-state index contributed by atoms with van der Waals surface area (Å²) < 4.78 is 4.92. The molecular formula is C16H26N2O2. The van der Waals surface area contributed by atoms with Crippen molar-refractivity contribution in [1.82, 2.24) is 10.6 Å². The Morgan fingerprint density at radius 1 is 1.25 bits per heavy atom. The van der Waals surface area contributed by atoms with Gasteiger partial charge in [-0.1, -0.05) is 51.1 Å². The molecule has 1 unspecified atom stereocenters. The van der Waals surface area contributed by atoms with Gasteiger partial charge in [-0.15, -0.1) is 0 Å². The van der Waals surface area contributed by atoms with E-state index in [1.807, 2.05) is 30.3 Å². The second-order valence-electron chi connectivity index (χ2n) is 6.12. The van der Waals surface area contributed by atoms with Crippen molar-refractivity contribution in [2.75, 3.05) is 20.3 Å². The van der Waals surface area contributed by atoms with Gasteiger partial charge in [-0.05, 0) is 17.4 Å². The van der Waals surface area contributed by atoms with Crippen molar-refractivity contribution in [3.63, 3.8) is 0 Å². The lowest BCUT2D eigenvalue weighted by Crippen LogP contribution is -2.40. The molecule has 4 nitrogen and oxygen atoms in total. The molecule has 0 heterocycles. The lowest BCUT2D eigenvalue weighted by molar-refractivity contribution is 0.194. The first kappa shape index (κ1) is 16.5. The lowest BCUT2D eigenvalue weighted by atomic mass is 9.85. The molecule has 0 aliphatic carbocycles. The molecule has 0 fully saturated rings. The van der Waals surface area contributed by atoms with E-state index in [1.54, 1.807) is 7.11 Å². The van der Waals surface area contributed by atoms with Crippen LogP contribution >= 0.6 is 0 Å². The van der Waals surface area contributed by atoms with Gasteiger partial charge in [0, 0.05) is 13.7 Å². The Balaban J connectivity index is 2.66. The van der Waals surface area contributed by atoms with Gasteiger partial charge >= 0.3 is 6.03 Å². The Labute approximate surface area is 121 Å². The van der Waals surface area contributed by atoms with Gasteiger partial charge in [0.2, 0.25) is 0 Å². The van der Waals surface area contributed by atoms with Gasteiger partial charge in [-0.25, -0.2) is 4.79 Å². The number of carbonyl (C=O) groups is 1. The lowest BCUT2D eigenvalue weighted by Gasteiger charge is -2.27. The topological polar surface area (TPSA) is 50.4 Å². The van der Waals surface area contributed by atoms with E-state index in [4.69, 9.17) is 4.74 Å². The van der Waals surface area contributed by atoms with Crippen LogP contribution in [0.3, 0.4) is 0 Å². The molecule has 0 radical (unpaired) electrons. The third kappa shape index (κ3) is 6.57. The summed E-state index contributed by atoms with van der Waals surface area (Å²) in [5.41, 5.74) is 1.27. The fraction of sp³-hybridized carbons (Fsp3) is 0.562. The molecule has 0 bridgehead atoms. The SMILES string of the molecule is COCCNC(=O)NC(CC(C)(C)C)c1ccccc1. The summed E-state index contributed by atoms with van der Waals surface area (Å²) in [6, 6.07) is 9.93. The molecule has 1 rings (SSSR count). The highest BCUT2D eigenvalue weighted by atomic mass is 16.5. The van der Waals surface area contributed by atoms with Gasteiger partial charge in [0.25, 0.3) is 0 Å². The zero-order valence-electron chi connectivity index (χ0n) is 12.9. The van der Waals surface area contributed by atoms with E-state index in [0.29, 0.717) is 13.2 Å². The standard InChI is InChI=1S/C16H26N2O2/c1-16(2,3)12-14(13-8-6-5-7-9-13)18-15(19)17-10-11-20-4/h5-9,14H,10-12H2,1-4H3,(H2,17,18,19). The minimum atomic E-state index is -0.153. The molecule has 1 aromatic carbocycles. The minimum Gasteiger partial charge on any atom is -0.383 e. The number of rotatable bonds is 6. The summed E-state index contributed by atoms with van der Waals surface area (Å²) in [5.74, 6) is 0. The summed E-state index contributed by atoms with van der Waals surface area (Å²) in [7, 11) is 1.62. The van der Waals surface area contributed by atoms with Crippen LogP contribution in [-0.2, 0) is 4.74 Å². The average Bonchev–Trinajstić information content (AvgIpc) is 2.38. The zero-order chi connectivity index (χ0) is 15.0. The van der Waals surface area contributed by atoms with Gasteiger partial charge in [0.05, 0.1) is 12.6 Å². The molecule has 0 aliphatic rings. The maximum atomic E-state index is 11.9. The molecule has 1 atom stereocenters. The van der Waals surface area contributed by atoms with Crippen molar-refractivity contribution < 1.29 is 9.53 Å². The Morgan fingerprint density at radius 2 is 1.90 bits per heavy atom. The van der Waals surface area contributed by atoms with Crippen LogP contribution in [0.1, 0.15) is 38.8 Å². The Morgan fingerprint density at radius 3 is 2.45 bits per heavy atom. The maximum Gasteiger partial charge on any atom is 0.315 e. The molecule has 0 saturated heterocycles. The van der Waals surface area contributed by atoms with Crippen LogP contribution < -0.4 is 10.6 Å². The van der Waals surface area contributed by atoms with Crippen molar-refractivity contribution in [3.05, 3.63) is 35.9 Å². The summed E-state index contributed by atoms with van der Waals surface area (Å²) in [4.78, 5) is 11.9. The quantitative estimate of drug-likeness (QED) is 0.786. The Bertz CT molecular complexity index is 399. The number of nitrogens with one attached hydrogen (secondary N) is 2. The fourth-order valence-corrected chi connectivity index (χ4v) is 2.03. The first-order valence-electron chi connectivity index (χ1n) is 7.00. The smallest absolute Gasteiger partial charge is 0.315 e. The average molecular weight is 278 g/mol. The van der Waals surface area contributed by atoms with Crippen LogP contribution in [0.4, 0.5) is 4.79 Å². The van der Waals surface area contributed by atoms with Gasteiger partial charge in [0.1, 0.15) is 0 Å². The van der Waals surface area contributed by atoms with E-state index in [9.17, 15) is 4.79 Å². The third-order valence-electron chi connectivity index (χ3n) is 2.92. The zero-order valence-corrected chi connectivity index (χ0v) is 12.9. The van der Waals surface area contributed by atoms with E-state index in [2.05, 4.69) is 31.4 Å². The second-order valence-corrected chi connectivity index (χ2v) is 6.12. The molecule has 0 spiro atoms. The molecule has 2 amide bonds. The van der Waals surface area contributed by atoms with Crippen LogP contribution in [0.25, 0.3) is 0 Å². The van der Waals surface area contributed by atoms with Crippen molar-refractivity contribution in [2.45, 2.75) is 33.2 Å². The van der Waals surface area contributed by atoms with E-state index >= 15 is 0 Å². The van der Waals surface area contributed by atoms with Crippen molar-refractivity contribution >= 4 is 6.03 Å². The first-order chi connectivity index (χ1) is 9.42. The monoisotopic (exact) mass is 278 g/mol. The van der Waals surface area contributed by atoms with E-state index < -0.39 is 0 Å². The van der Waals surface area contributed by atoms with Gasteiger partial charge in [-0.3, -0.25) is 0 Å². The van der Waals surface area contributed by atoms with E-state index in [0.717, 1.165) is 12.0 Å². The number of carbonyl (C=O) groups excluding carboxylic acids is 1. The number of hydrogen-bond donors (Lipinski definition) is 2. The van der Waals surface area contributed by atoms with Crippen LogP contribution in [0, 0.1) is 5.41 Å². The van der Waals surface area contributed by atoms with Crippen LogP contribution in [0.2, 0.25) is 0 Å². The van der Waals surface area contributed by atoms with Crippen molar-refractivity contribution in [1.29, 1.82) is 0 Å². The third-order valence-corrected chi connectivity index (χ3v) is 2.92. The summed E-state index contributed by atoms with van der Waals surface area (Å²) >= 11 is 0. The minimum absolute atomic E-state index is 0.0127. The second kappa shape index (κ2) is 7.90. The number of ether oxygens (including phenoxy) is 1. The predicted octanol–water partition coefficient (Wildman–Crippen LogP) is 3.11. The van der Waals surface area contributed by atoms with Crippen LogP contribution in [-0.4, -0.2) is 26.3 Å². The number of methoxy groups -OCH3 is 1. The van der Waals surface area contributed by atoms with Crippen molar-refractivity contribution in [3.8, 4) is 0 Å². The molecule has 2 N–H and O–H groups in total. The predicted molar refractivity (Wildman–Crippen MR) is 81.7 cm³/mol. The number of hydrogen-bond acceptors (Lipinski definition) is 2. The van der Waals surface area contributed by atoms with Crippen molar-refractivity contribution in [2.24, 2.45) is 5.41 Å². The van der Waals surface area contributed by atoms with Gasteiger partial charge in [0.15, 0.2) is 0 Å². The molecule has 4 heteroatoms. The molecule has 1 aromatic rings. The van der Waals surface area contributed by atoms with Crippen LogP contribution in [0.15, 0.2) is 30.3 Å². The molecule has 20 heavy (non-hydrogen) atoms. The van der Waals surface area contributed by atoms with E-state index in [-0.39, 0.29) is 17.5 Å². The van der Waals surface area contributed by atoms with Crippen LogP contribution in [0.5, 0.6) is 0 Å². The fourth-order valence-electron chi connectivity index (χ4n) is 2.03. The largest absolute Gasteiger partial charge is 0.383 e. The number of benzene rings is 1. The summed E-state index contributed by atoms with van der Waals surface area (Å²) in [6.45, 7) is 7.55. The first-order valence-corrected chi connectivity index (χ1v) is 7.00.